The molecule has 106 valence electrons. The molecule has 0 saturated heterocycles. The molecule has 2 saturated carbocycles. The molecule has 0 aliphatic heterocycles. The Morgan fingerprint density at radius 2 is 1.67 bits per heavy atom. The summed E-state index contributed by atoms with van der Waals surface area (Å²) >= 11 is 0. The lowest BCUT2D eigenvalue weighted by Gasteiger charge is -2.39. The van der Waals surface area contributed by atoms with Crippen molar-refractivity contribution in [1.82, 2.24) is 5.43 Å². The van der Waals surface area contributed by atoms with E-state index in [4.69, 9.17) is 5.84 Å². The quantitative estimate of drug-likeness (QED) is 0.586. The van der Waals surface area contributed by atoms with E-state index in [1.54, 1.807) is 0 Å². The number of hydrazine groups is 1. The van der Waals surface area contributed by atoms with Crippen molar-refractivity contribution < 1.29 is 0 Å². The fraction of sp³-hybridized carbons (Fsp3) is 1.00. The Balaban J connectivity index is 1.81. The van der Waals surface area contributed by atoms with Crippen molar-refractivity contribution in [3.8, 4) is 0 Å². The van der Waals surface area contributed by atoms with E-state index in [2.05, 4.69) is 19.3 Å². The van der Waals surface area contributed by atoms with E-state index in [0.717, 1.165) is 11.8 Å². The number of nitrogens with one attached hydrogen (secondary N) is 1. The summed E-state index contributed by atoms with van der Waals surface area (Å²) in [5.74, 6) is 7.60. The van der Waals surface area contributed by atoms with Crippen LogP contribution in [0, 0.1) is 17.3 Å². The standard InChI is InChI=1S/C16H32N2/c1-16(2)10-8-14(9-11-16)15(18-17)12-13-6-4-3-5-7-13/h13-15,18H,3-12,17H2,1-2H3. The fourth-order valence-corrected chi connectivity index (χ4v) is 4.00. The van der Waals surface area contributed by atoms with Crippen LogP contribution in [-0.4, -0.2) is 6.04 Å². The first-order chi connectivity index (χ1) is 8.61. The molecular weight excluding hydrogens is 220 g/mol. The normalized spacial score (nSPS) is 28.2. The summed E-state index contributed by atoms with van der Waals surface area (Å²) in [5, 5.41) is 0. The second-order valence-corrected chi connectivity index (χ2v) is 7.51. The summed E-state index contributed by atoms with van der Waals surface area (Å²) < 4.78 is 0. The first-order valence-electron chi connectivity index (χ1n) is 8.07. The molecule has 0 aromatic carbocycles. The third-order valence-electron chi connectivity index (χ3n) is 5.48. The minimum atomic E-state index is 0.570. The van der Waals surface area contributed by atoms with Crippen molar-refractivity contribution >= 4 is 0 Å². The van der Waals surface area contributed by atoms with Crippen molar-refractivity contribution in [2.24, 2.45) is 23.1 Å². The predicted octanol–water partition coefficient (Wildman–Crippen LogP) is 4.01. The topological polar surface area (TPSA) is 38.0 Å². The lowest BCUT2D eigenvalue weighted by molar-refractivity contribution is 0.144. The zero-order valence-corrected chi connectivity index (χ0v) is 12.4. The molecule has 2 nitrogen and oxygen atoms in total. The second-order valence-electron chi connectivity index (χ2n) is 7.51. The Morgan fingerprint density at radius 1 is 1.06 bits per heavy atom. The van der Waals surface area contributed by atoms with Crippen molar-refractivity contribution in [3.05, 3.63) is 0 Å². The van der Waals surface area contributed by atoms with Gasteiger partial charge in [0.2, 0.25) is 0 Å². The number of hydrogen-bond donors (Lipinski definition) is 2. The number of hydrogen-bond acceptors (Lipinski definition) is 2. The molecule has 0 radical (unpaired) electrons. The van der Waals surface area contributed by atoms with Crippen LogP contribution in [0.1, 0.15) is 78.1 Å². The Morgan fingerprint density at radius 3 is 2.22 bits per heavy atom. The van der Waals surface area contributed by atoms with Crippen LogP contribution in [0.15, 0.2) is 0 Å². The zero-order chi connectivity index (χ0) is 13.0. The Kier molecular flexibility index (Phi) is 5.08. The number of nitrogens with two attached hydrogens (primary N) is 1. The smallest absolute Gasteiger partial charge is 0.0241 e. The molecular formula is C16H32N2. The maximum Gasteiger partial charge on any atom is 0.0241 e. The van der Waals surface area contributed by atoms with Crippen LogP contribution in [0.5, 0.6) is 0 Å². The largest absolute Gasteiger partial charge is 0.271 e. The maximum atomic E-state index is 5.84. The minimum Gasteiger partial charge on any atom is -0.271 e. The highest BCUT2D eigenvalue weighted by molar-refractivity contribution is 4.86. The van der Waals surface area contributed by atoms with Gasteiger partial charge in [0.25, 0.3) is 0 Å². The molecule has 3 N–H and O–H groups in total. The molecule has 18 heavy (non-hydrogen) atoms. The highest BCUT2D eigenvalue weighted by atomic mass is 15.2. The summed E-state index contributed by atoms with van der Waals surface area (Å²) in [6.45, 7) is 4.82. The monoisotopic (exact) mass is 252 g/mol. The second kappa shape index (κ2) is 6.38. The highest BCUT2D eigenvalue weighted by Gasteiger charge is 2.32. The van der Waals surface area contributed by atoms with E-state index in [0.29, 0.717) is 11.5 Å². The van der Waals surface area contributed by atoms with Crippen molar-refractivity contribution in [2.45, 2.75) is 84.1 Å². The summed E-state index contributed by atoms with van der Waals surface area (Å²) in [6, 6.07) is 0.573. The van der Waals surface area contributed by atoms with Gasteiger partial charge in [0.1, 0.15) is 0 Å². The maximum absolute atomic E-state index is 5.84. The van der Waals surface area contributed by atoms with Crippen LogP contribution >= 0.6 is 0 Å². The summed E-state index contributed by atoms with van der Waals surface area (Å²) in [6.07, 6.45) is 14.0. The molecule has 0 spiro atoms. The van der Waals surface area contributed by atoms with E-state index in [1.165, 1.54) is 64.2 Å². The Labute approximate surface area is 113 Å². The van der Waals surface area contributed by atoms with Crippen LogP contribution in [0.4, 0.5) is 0 Å². The van der Waals surface area contributed by atoms with Crippen molar-refractivity contribution in [1.29, 1.82) is 0 Å². The van der Waals surface area contributed by atoms with Gasteiger partial charge in [-0.25, -0.2) is 0 Å². The van der Waals surface area contributed by atoms with Crippen molar-refractivity contribution in [3.63, 3.8) is 0 Å². The lowest BCUT2D eigenvalue weighted by atomic mass is 9.69. The van der Waals surface area contributed by atoms with Gasteiger partial charge in [0.15, 0.2) is 0 Å². The SMILES string of the molecule is CC1(C)CCC(C(CC2CCCCC2)NN)CC1. The van der Waals surface area contributed by atoms with Gasteiger partial charge >= 0.3 is 0 Å². The summed E-state index contributed by atoms with van der Waals surface area (Å²) in [5.41, 5.74) is 3.72. The van der Waals surface area contributed by atoms with E-state index in [9.17, 15) is 0 Å². The molecule has 2 aliphatic carbocycles. The lowest BCUT2D eigenvalue weighted by Crippen LogP contribution is -2.44. The van der Waals surface area contributed by atoms with Gasteiger partial charge in [-0.3, -0.25) is 11.3 Å². The molecule has 1 atom stereocenters. The van der Waals surface area contributed by atoms with Crippen LogP contribution in [0.25, 0.3) is 0 Å². The molecule has 1 unspecified atom stereocenters. The van der Waals surface area contributed by atoms with Crippen LogP contribution in [-0.2, 0) is 0 Å². The Hall–Kier alpha value is -0.0800. The van der Waals surface area contributed by atoms with Gasteiger partial charge in [-0.1, -0.05) is 46.0 Å². The minimum absolute atomic E-state index is 0.570. The van der Waals surface area contributed by atoms with Crippen LogP contribution in [0.3, 0.4) is 0 Å². The van der Waals surface area contributed by atoms with Gasteiger partial charge in [0, 0.05) is 6.04 Å². The molecule has 2 heteroatoms. The van der Waals surface area contributed by atoms with E-state index in [-0.39, 0.29) is 0 Å². The average molecular weight is 252 g/mol. The number of rotatable bonds is 4. The van der Waals surface area contributed by atoms with Gasteiger partial charge in [-0.2, -0.15) is 0 Å². The zero-order valence-electron chi connectivity index (χ0n) is 12.4. The molecule has 2 rings (SSSR count). The van der Waals surface area contributed by atoms with Gasteiger partial charge < -0.3 is 0 Å². The van der Waals surface area contributed by atoms with Crippen LogP contribution < -0.4 is 11.3 Å². The first-order valence-corrected chi connectivity index (χ1v) is 8.07. The molecule has 0 bridgehead atoms. The summed E-state index contributed by atoms with van der Waals surface area (Å²) in [4.78, 5) is 0. The predicted molar refractivity (Wildman–Crippen MR) is 78.0 cm³/mol. The van der Waals surface area contributed by atoms with Crippen LogP contribution in [0.2, 0.25) is 0 Å². The molecule has 0 heterocycles. The third-order valence-corrected chi connectivity index (χ3v) is 5.48. The Bertz CT molecular complexity index is 233. The molecule has 0 aromatic heterocycles. The molecule has 0 amide bonds. The van der Waals surface area contributed by atoms with Gasteiger partial charge in [-0.05, 0) is 49.4 Å². The van der Waals surface area contributed by atoms with E-state index in [1.807, 2.05) is 0 Å². The third kappa shape index (κ3) is 3.96. The molecule has 0 aromatic rings. The molecule has 2 aliphatic rings. The first kappa shape index (κ1) is 14.3. The summed E-state index contributed by atoms with van der Waals surface area (Å²) in [7, 11) is 0. The van der Waals surface area contributed by atoms with E-state index < -0.39 is 0 Å². The fourth-order valence-electron chi connectivity index (χ4n) is 4.00. The highest BCUT2D eigenvalue weighted by Crippen LogP contribution is 2.40. The van der Waals surface area contributed by atoms with E-state index >= 15 is 0 Å². The van der Waals surface area contributed by atoms with Gasteiger partial charge in [0.05, 0.1) is 0 Å². The van der Waals surface area contributed by atoms with Gasteiger partial charge in [-0.15, -0.1) is 0 Å². The molecule has 2 fully saturated rings. The van der Waals surface area contributed by atoms with Crippen molar-refractivity contribution in [2.75, 3.05) is 0 Å². The average Bonchev–Trinajstić information content (AvgIpc) is 2.38.